The van der Waals surface area contributed by atoms with E-state index >= 15 is 0 Å². The van der Waals surface area contributed by atoms with Crippen molar-refractivity contribution >= 4 is 0 Å². The Morgan fingerprint density at radius 3 is 1.79 bits per heavy atom. The lowest BCUT2D eigenvalue weighted by molar-refractivity contribution is -0.137. The predicted molar refractivity (Wildman–Crippen MR) is 156 cm³/mol. The van der Waals surface area contributed by atoms with Crippen LogP contribution in [0.1, 0.15) is 107 Å². The first kappa shape index (κ1) is 29.0. The number of fused-ring (bicyclic) bond motifs is 8. The second kappa shape index (κ2) is 10.7. The molecule has 0 aromatic rings. The summed E-state index contributed by atoms with van der Waals surface area (Å²) in [7, 11) is 0. The van der Waals surface area contributed by atoms with Gasteiger partial charge in [-0.2, -0.15) is 0 Å². The molecule has 0 amide bonds. The van der Waals surface area contributed by atoms with Crippen LogP contribution in [0.5, 0.6) is 0 Å². The van der Waals surface area contributed by atoms with E-state index in [4.69, 9.17) is 0 Å². The topological polar surface area (TPSA) is 88.6 Å². The summed E-state index contributed by atoms with van der Waals surface area (Å²) >= 11 is 0. The van der Waals surface area contributed by atoms with E-state index in [1.807, 2.05) is 13.8 Å². The van der Waals surface area contributed by atoms with E-state index < -0.39 is 11.2 Å². The Hall–Kier alpha value is -0.500. The third-order valence-corrected chi connectivity index (χ3v) is 12.7. The van der Waals surface area contributed by atoms with Crippen LogP contribution < -0.4 is 21.3 Å². The van der Waals surface area contributed by atoms with Gasteiger partial charge in [0.05, 0.1) is 0 Å². The molecule has 38 heavy (non-hydrogen) atoms. The molecule has 6 nitrogen and oxygen atoms in total. The molecule has 218 valence electrons. The van der Waals surface area contributed by atoms with Gasteiger partial charge in [-0.3, -0.25) is 0 Å². The van der Waals surface area contributed by atoms with E-state index in [0.717, 1.165) is 38.5 Å². The monoisotopic (exact) mass is 530 g/mol. The summed E-state index contributed by atoms with van der Waals surface area (Å²) in [6.45, 7) is 18.2. The van der Waals surface area contributed by atoms with E-state index in [1.54, 1.807) is 11.1 Å². The highest BCUT2D eigenvalue weighted by Crippen LogP contribution is 2.46. The molecule has 0 aromatic carbocycles. The highest BCUT2D eigenvalue weighted by atomic mass is 16.4. The van der Waals surface area contributed by atoms with Gasteiger partial charge in [0, 0.05) is 48.3 Å². The first-order chi connectivity index (χ1) is 18.0. The Labute approximate surface area is 232 Å². The summed E-state index contributed by atoms with van der Waals surface area (Å²) in [6, 6.07) is 2.28. The van der Waals surface area contributed by atoms with Crippen LogP contribution in [0.4, 0.5) is 0 Å². The minimum Gasteiger partial charge on any atom is -0.385 e. The lowest BCUT2D eigenvalue weighted by Gasteiger charge is -2.41. The molecule has 0 saturated carbocycles. The van der Waals surface area contributed by atoms with Crippen molar-refractivity contribution in [2.75, 3.05) is 0 Å². The van der Waals surface area contributed by atoms with Crippen molar-refractivity contribution in [2.45, 2.75) is 166 Å². The largest absolute Gasteiger partial charge is 0.385 e. The van der Waals surface area contributed by atoms with Crippen LogP contribution in [0.2, 0.25) is 0 Å². The maximum absolute atomic E-state index is 12.1. The third kappa shape index (κ3) is 4.44. The molecule has 0 aliphatic carbocycles. The highest BCUT2D eigenvalue weighted by Gasteiger charge is 2.62. The molecular weight excluding hydrogens is 472 g/mol. The molecule has 0 aromatic heterocycles. The Morgan fingerprint density at radius 2 is 1.24 bits per heavy atom. The molecule has 6 N–H and O–H groups in total. The average molecular weight is 531 g/mol. The fourth-order valence-electron chi connectivity index (χ4n) is 10.1. The van der Waals surface area contributed by atoms with Gasteiger partial charge in [0.2, 0.25) is 0 Å². The average Bonchev–Trinajstić information content (AvgIpc) is 3.51. The maximum atomic E-state index is 12.1. The molecule has 4 saturated heterocycles. The van der Waals surface area contributed by atoms with Gasteiger partial charge < -0.3 is 31.5 Å². The van der Waals surface area contributed by atoms with Crippen molar-refractivity contribution in [2.24, 2.45) is 23.7 Å². The van der Waals surface area contributed by atoms with Crippen LogP contribution in [0, 0.1) is 23.7 Å². The van der Waals surface area contributed by atoms with Crippen LogP contribution in [0.25, 0.3) is 0 Å². The van der Waals surface area contributed by atoms with Gasteiger partial charge in [0.1, 0.15) is 11.2 Å². The Kier molecular flexibility index (Phi) is 8.18. The van der Waals surface area contributed by atoms with Crippen LogP contribution in [0.15, 0.2) is 11.1 Å². The van der Waals surface area contributed by atoms with E-state index in [0.29, 0.717) is 66.3 Å². The smallest absolute Gasteiger partial charge is 0.110 e. The minimum atomic E-state index is -1.16. The van der Waals surface area contributed by atoms with Gasteiger partial charge in [-0.25, -0.2) is 0 Å². The van der Waals surface area contributed by atoms with Gasteiger partial charge in [-0.1, -0.05) is 65.5 Å². The summed E-state index contributed by atoms with van der Waals surface area (Å²) in [5.74, 6) is 2.35. The zero-order valence-electron chi connectivity index (χ0n) is 25.5. The second-order valence-corrected chi connectivity index (χ2v) is 14.1. The van der Waals surface area contributed by atoms with Gasteiger partial charge >= 0.3 is 0 Å². The van der Waals surface area contributed by atoms with Crippen LogP contribution in [0.3, 0.4) is 0 Å². The molecule has 5 aliphatic heterocycles. The molecule has 0 radical (unpaired) electrons. The Bertz CT molecular complexity index is 891. The maximum Gasteiger partial charge on any atom is 0.110 e. The first-order valence-electron chi connectivity index (χ1n) is 16.2. The van der Waals surface area contributed by atoms with Crippen molar-refractivity contribution in [3.63, 3.8) is 0 Å². The van der Waals surface area contributed by atoms with Crippen molar-refractivity contribution in [1.29, 1.82) is 0 Å². The lowest BCUT2D eigenvalue weighted by atomic mass is 9.73. The number of aliphatic hydroxyl groups is 2. The molecule has 8 bridgehead atoms. The van der Waals surface area contributed by atoms with E-state index in [2.05, 4.69) is 62.8 Å². The van der Waals surface area contributed by atoms with Crippen LogP contribution in [-0.2, 0) is 0 Å². The molecule has 0 spiro atoms. The van der Waals surface area contributed by atoms with E-state index in [1.165, 1.54) is 6.42 Å². The first-order valence-corrected chi connectivity index (χ1v) is 16.2. The Morgan fingerprint density at radius 1 is 0.711 bits per heavy atom. The van der Waals surface area contributed by atoms with Gasteiger partial charge in [0.15, 0.2) is 0 Å². The van der Waals surface area contributed by atoms with Crippen molar-refractivity contribution in [3.05, 3.63) is 11.1 Å². The number of rotatable bonds is 4. The summed E-state index contributed by atoms with van der Waals surface area (Å²) in [5, 5.41) is 40.1. The molecule has 5 rings (SSSR count). The van der Waals surface area contributed by atoms with E-state index in [9.17, 15) is 10.2 Å². The molecule has 6 heteroatoms. The normalized spacial score (nSPS) is 53.2. The second-order valence-electron chi connectivity index (χ2n) is 14.1. The fourth-order valence-corrected chi connectivity index (χ4v) is 10.1. The summed E-state index contributed by atoms with van der Waals surface area (Å²) < 4.78 is 0. The highest BCUT2D eigenvalue weighted by molar-refractivity contribution is 5.31. The van der Waals surface area contributed by atoms with Crippen LogP contribution in [-0.4, -0.2) is 69.7 Å². The summed E-state index contributed by atoms with van der Waals surface area (Å²) in [4.78, 5) is 0. The van der Waals surface area contributed by atoms with Crippen LogP contribution >= 0.6 is 0 Å². The number of hydrogen-bond acceptors (Lipinski definition) is 6. The zero-order chi connectivity index (χ0) is 27.6. The van der Waals surface area contributed by atoms with E-state index in [-0.39, 0.29) is 12.1 Å². The standard InChI is InChI=1S/C32H58N4O2/c1-9-20-17(5)23-13-27-21(10-2)19(7)25(35-27)15-30-32(38,12-4)31(8,37)29(36-30)16-28-22(11-3)18(6)24(34-28)14-26(20)33-23/h18-19,21-30,33-38H,9-16H2,1-8H3/t18?,19?,21?,22?,23?,24?,25?,26?,27?,28?,29?,30?,31-,32+/m0/s1. The summed E-state index contributed by atoms with van der Waals surface area (Å²) in [6.07, 6.45) is 7.99. The molecule has 14 atom stereocenters. The molecular formula is C32H58N4O2. The predicted octanol–water partition coefficient (Wildman–Crippen LogP) is 3.87. The number of hydrogen-bond donors (Lipinski definition) is 6. The zero-order valence-corrected chi connectivity index (χ0v) is 25.5. The molecule has 4 fully saturated rings. The number of nitrogens with one attached hydrogen (secondary N) is 4. The molecule has 12 unspecified atom stereocenters. The fraction of sp³-hybridized carbons (Fsp3) is 0.938. The molecule has 5 aliphatic rings. The van der Waals surface area contributed by atoms with Crippen molar-refractivity contribution < 1.29 is 10.2 Å². The summed E-state index contributed by atoms with van der Waals surface area (Å²) in [5.41, 5.74) is 0.926. The van der Waals surface area contributed by atoms with Gasteiger partial charge in [0.25, 0.3) is 0 Å². The van der Waals surface area contributed by atoms with Crippen molar-refractivity contribution in [1.82, 2.24) is 21.3 Å². The van der Waals surface area contributed by atoms with Gasteiger partial charge in [-0.05, 0) is 76.0 Å². The SMILES string of the molecule is CCC1=C(C)C2CC3NC(CC4NC(CC5NC(CC1N2)C(C)C5CC)[C@](C)(O)[C@@]4(O)CC)C(C)C3CC. The molecule has 5 heterocycles. The van der Waals surface area contributed by atoms with Crippen molar-refractivity contribution in [3.8, 4) is 0 Å². The minimum absolute atomic E-state index is 0.117. The lowest BCUT2D eigenvalue weighted by Crippen LogP contribution is -2.58. The quantitative estimate of drug-likeness (QED) is 0.310. The Balaban J connectivity index is 1.52. The third-order valence-electron chi connectivity index (χ3n) is 12.7. The van der Waals surface area contributed by atoms with Gasteiger partial charge in [-0.15, -0.1) is 0 Å².